The topological polar surface area (TPSA) is 76.8 Å². The normalized spacial score (nSPS) is 14.7. The van der Waals surface area contributed by atoms with Crippen LogP contribution in [0.1, 0.15) is 0 Å². The van der Waals surface area contributed by atoms with E-state index in [9.17, 15) is 18.0 Å². The van der Waals surface area contributed by atoms with E-state index in [2.05, 4.69) is 16.6 Å². The Morgan fingerprint density at radius 1 is 1.39 bits per heavy atom. The molecule has 1 amide bonds. The van der Waals surface area contributed by atoms with Crippen molar-refractivity contribution in [3.05, 3.63) is 24.5 Å². The zero-order chi connectivity index (χ0) is 17.0. The highest BCUT2D eigenvalue weighted by Gasteiger charge is 2.21. The molecule has 6 nitrogen and oxygen atoms in total. The van der Waals surface area contributed by atoms with Gasteiger partial charge in [-0.3, -0.25) is 4.79 Å². The Morgan fingerprint density at radius 3 is 2.61 bits per heavy atom. The molecular formula is C14H16F3N3O3. The van der Waals surface area contributed by atoms with E-state index in [1.807, 2.05) is 0 Å². The van der Waals surface area contributed by atoms with Crippen LogP contribution in [0.5, 0.6) is 5.75 Å². The van der Waals surface area contributed by atoms with Crippen LogP contribution in [0, 0.1) is 0 Å². The average molecular weight is 331 g/mol. The van der Waals surface area contributed by atoms with E-state index in [4.69, 9.17) is 10.5 Å². The molecule has 1 saturated heterocycles. The summed E-state index contributed by atoms with van der Waals surface area (Å²) in [5.74, 6) is -2.44. The van der Waals surface area contributed by atoms with Crippen molar-refractivity contribution in [3.63, 3.8) is 0 Å². The van der Waals surface area contributed by atoms with Gasteiger partial charge < -0.3 is 25.4 Å². The van der Waals surface area contributed by atoms with Gasteiger partial charge in [-0.2, -0.15) is 8.78 Å². The fourth-order valence-corrected chi connectivity index (χ4v) is 2.14. The lowest BCUT2D eigenvalue weighted by Crippen LogP contribution is -2.36. The van der Waals surface area contributed by atoms with Crippen molar-refractivity contribution in [1.29, 1.82) is 0 Å². The van der Waals surface area contributed by atoms with Crippen molar-refractivity contribution >= 4 is 23.0 Å². The third-order valence-electron chi connectivity index (χ3n) is 3.19. The van der Waals surface area contributed by atoms with E-state index in [1.165, 1.54) is 12.1 Å². The summed E-state index contributed by atoms with van der Waals surface area (Å²) in [6.45, 7) is 1.66. The Balaban J connectivity index is 2.39. The lowest BCUT2D eigenvalue weighted by atomic mass is 10.2. The second-order valence-electron chi connectivity index (χ2n) is 4.74. The number of rotatable bonds is 5. The number of amides is 1. The molecular weight excluding hydrogens is 315 g/mol. The quantitative estimate of drug-likeness (QED) is 0.638. The maximum atomic E-state index is 12.9. The summed E-state index contributed by atoms with van der Waals surface area (Å²) in [5.41, 5.74) is 6.10. The van der Waals surface area contributed by atoms with Crippen LogP contribution in [0.4, 0.5) is 30.2 Å². The lowest BCUT2D eigenvalue weighted by Gasteiger charge is -2.31. The van der Waals surface area contributed by atoms with E-state index < -0.39 is 18.3 Å². The number of carbonyl (C=O) groups excluding carboxylic acids is 1. The number of nitrogen functional groups attached to an aromatic ring is 1. The molecule has 1 aromatic rings. The first kappa shape index (κ1) is 16.9. The summed E-state index contributed by atoms with van der Waals surface area (Å²) >= 11 is 0. The fourth-order valence-electron chi connectivity index (χ4n) is 2.14. The van der Waals surface area contributed by atoms with Gasteiger partial charge in [-0.25, -0.2) is 4.39 Å². The summed E-state index contributed by atoms with van der Waals surface area (Å²) in [6.07, 6.45) is 0. The van der Waals surface area contributed by atoms with Crippen LogP contribution in [0.3, 0.4) is 0 Å². The van der Waals surface area contributed by atoms with E-state index in [0.29, 0.717) is 32.0 Å². The van der Waals surface area contributed by atoms with Crippen molar-refractivity contribution in [3.8, 4) is 5.75 Å². The highest BCUT2D eigenvalue weighted by molar-refractivity contribution is 6.04. The Hall–Kier alpha value is -2.42. The summed E-state index contributed by atoms with van der Waals surface area (Å²) in [4.78, 5) is 13.3. The van der Waals surface area contributed by atoms with Crippen molar-refractivity contribution in [2.75, 3.05) is 42.3 Å². The van der Waals surface area contributed by atoms with Gasteiger partial charge in [0.05, 0.1) is 30.3 Å². The molecule has 0 atom stereocenters. The molecule has 126 valence electrons. The molecule has 2 rings (SSSR count). The first-order valence-corrected chi connectivity index (χ1v) is 6.75. The van der Waals surface area contributed by atoms with Gasteiger partial charge in [0.15, 0.2) is 11.6 Å². The fraction of sp³-hybridized carbons (Fsp3) is 0.357. The molecule has 0 saturated carbocycles. The SMILES string of the molecule is C=C(F)C(=O)Nc1cc(N)c(OC(F)F)cc1N1CCOCC1. The Bertz CT molecular complexity index is 604. The minimum absolute atomic E-state index is 0.109. The van der Waals surface area contributed by atoms with Crippen LogP contribution in [-0.4, -0.2) is 38.8 Å². The number of hydrogen-bond acceptors (Lipinski definition) is 5. The molecule has 1 fully saturated rings. The van der Waals surface area contributed by atoms with Gasteiger partial charge in [-0.15, -0.1) is 0 Å². The molecule has 1 aromatic carbocycles. The number of morpholine rings is 1. The molecule has 1 aliphatic rings. The predicted molar refractivity (Wildman–Crippen MR) is 79.4 cm³/mol. The maximum absolute atomic E-state index is 12.9. The Labute approximate surface area is 130 Å². The number of nitrogens with zero attached hydrogens (tertiary/aromatic N) is 1. The van der Waals surface area contributed by atoms with E-state index in [0.717, 1.165) is 0 Å². The molecule has 1 aliphatic heterocycles. The number of nitrogens with one attached hydrogen (secondary N) is 1. The highest BCUT2D eigenvalue weighted by atomic mass is 19.3. The molecule has 0 aromatic heterocycles. The molecule has 23 heavy (non-hydrogen) atoms. The van der Waals surface area contributed by atoms with Crippen LogP contribution in [-0.2, 0) is 9.53 Å². The Kier molecular flexibility index (Phi) is 5.32. The molecule has 0 unspecified atom stereocenters. The maximum Gasteiger partial charge on any atom is 0.387 e. The number of ether oxygens (including phenoxy) is 2. The highest BCUT2D eigenvalue weighted by Crippen LogP contribution is 2.37. The van der Waals surface area contributed by atoms with Crippen molar-refractivity contribution < 1.29 is 27.4 Å². The molecule has 9 heteroatoms. The van der Waals surface area contributed by atoms with Gasteiger partial charge in [-0.1, -0.05) is 6.58 Å². The van der Waals surface area contributed by atoms with Crippen LogP contribution >= 0.6 is 0 Å². The monoisotopic (exact) mass is 331 g/mol. The van der Waals surface area contributed by atoms with Gasteiger partial charge in [0.25, 0.3) is 5.91 Å². The molecule has 3 N–H and O–H groups in total. The van der Waals surface area contributed by atoms with E-state index >= 15 is 0 Å². The largest absolute Gasteiger partial charge is 0.433 e. The number of hydrogen-bond donors (Lipinski definition) is 2. The first-order chi connectivity index (χ1) is 10.9. The van der Waals surface area contributed by atoms with Crippen LogP contribution in [0.15, 0.2) is 24.5 Å². The Morgan fingerprint density at radius 2 is 2.04 bits per heavy atom. The van der Waals surface area contributed by atoms with Crippen LogP contribution in [0.25, 0.3) is 0 Å². The van der Waals surface area contributed by atoms with Gasteiger partial charge in [0.2, 0.25) is 0 Å². The number of nitrogens with two attached hydrogens (primary N) is 1. The summed E-state index contributed by atoms with van der Waals surface area (Å²) in [5, 5.41) is 2.31. The zero-order valence-electron chi connectivity index (χ0n) is 12.2. The van der Waals surface area contributed by atoms with Crippen molar-refractivity contribution in [2.24, 2.45) is 0 Å². The number of benzene rings is 1. The second-order valence-corrected chi connectivity index (χ2v) is 4.74. The third kappa shape index (κ3) is 4.28. The van der Waals surface area contributed by atoms with Gasteiger partial charge in [0, 0.05) is 19.2 Å². The van der Waals surface area contributed by atoms with Crippen molar-refractivity contribution in [2.45, 2.75) is 6.61 Å². The van der Waals surface area contributed by atoms with E-state index in [1.54, 1.807) is 4.90 Å². The third-order valence-corrected chi connectivity index (χ3v) is 3.19. The standard InChI is InChI=1S/C14H16F3N3O3/c1-8(15)13(21)19-10-6-9(18)12(23-14(16)17)7-11(10)20-2-4-22-5-3-20/h6-7,14H,1-5,18H2,(H,19,21). The van der Waals surface area contributed by atoms with Crippen LogP contribution < -0.4 is 20.7 Å². The summed E-state index contributed by atoms with van der Waals surface area (Å²) < 4.78 is 47.4. The van der Waals surface area contributed by atoms with Gasteiger partial charge in [0.1, 0.15) is 0 Å². The summed E-state index contributed by atoms with van der Waals surface area (Å²) in [6, 6.07) is 2.52. The molecule has 0 radical (unpaired) electrons. The zero-order valence-corrected chi connectivity index (χ0v) is 12.2. The molecule has 0 spiro atoms. The first-order valence-electron chi connectivity index (χ1n) is 6.75. The molecule has 1 heterocycles. The number of alkyl halides is 2. The molecule has 0 aliphatic carbocycles. The molecule has 0 bridgehead atoms. The van der Waals surface area contributed by atoms with Gasteiger partial charge in [-0.05, 0) is 6.07 Å². The van der Waals surface area contributed by atoms with Crippen LogP contribution in [0.2, 0.25) is 0 Å². The smallest absolute Gasteiger partial charge is 0.387 e. The summed E-state index contributed by atoms with van der Waals surface area (Å²) in [7, 11) is 0. The average Bonchev–Trinajstić information content (AvgIpc) is 2.50. The number of carbonyl (C=O) groups is 1. The predicted octanol–water partition coefficient (Wildman–Crippen LogP) is 2.13. The number of anilines is 3. The van der Waals surface area contributed by atoms with Crippen molar-refractivity contribution in [1.82, 2.24) is 0 Å². The lowest BCUT2D eigenvalue weighted by molar-refractivity contribution is -0.114. The van der Waals surface area contributed by atoms with E-state index in [-0.39, 0.29) is 17.1 Å². The van der Waals surface area contributed by atoms with Gasteiger partial charge >= 0.3 is 6.61 Å². The second kappa shape index (κ2) is 7.23. The minimum atomic E-state index is -3.04. The number of halogens is 3. The minimum Gasteiger partial charge on any atom is -0.433 e.